The highest BCUT2D eigenvalue weighted by atomic mass is 16.3. The molecule has 108 valence electrons. The molecule has 1 unspecified atom stereocenters. The molecule has 4 heteroatoms. The average molecular weight is 258 g/mol. The lowest BCUT2D eigenvalue weighted by Gasteiger charge is -2.28. The number of nitrogens with one attached hydrogen (secondary N) is 1. The van der Waals surface area contributed by atoms with Crippen LogP contribution in [-0.2, 0) is 0 Å². The smallest absolute Gasteiger partial charge is 0.317 e. The number of amides is 2. The lowest BCUT2D eigenvalue weighted by molar-refractivity contribution is 0.127. The summed E-state index contributed by atoms with van der Waals surface area (Å²) >= 11 is 0. The molecule has 0 saturated carbocycles. The van der Waals surface area contributed by atoms with E-state index in [4.69, 9.17) is 0 Å². The first-order valence-corrected chi connectivity index (χ1v) is 6.81. The van der Waals surface area contributed by atoms with Gasteiger partial charge in [0.15, 0.2) is 0 Å². The fourth-order valence-corrected chi connectivity index (χ4v) is 1.88. The molecule has 0 aliphatic heterocycles. The summed E-state index contributed by atoms with van der Waals surface area (Å²) in [6.07, 6.45) is 1.36. The molecule has 0 heterocycles. The van der Waals surface area contributed by atoms with E-state index in [0.717, 1.165) is 13.0 Å². The second-order valence-corrected chi connectivity index (χ2v) is 6.48. The number of rotatable bonds is 7. The van der Waals surface area contributed by atoms with Crippen molar-refractivity contribution in [3.63, 3.8) is 0 Å². The maximum atomic E-state index is 11.8. The van der Waals surface area contributed by atoms with Gasteiger partial charge in [0.2, 0.25) is 0 Å². The first-order valence-electron chi connectivity index (χ1n) is 6.81. The van der Waals surface area contributed by atoms with Gasteiger partial charge in [-0.2, -0.15) is 0 Å². The van der Waals surface area contributed by atoms with Crippen LogP contribution in [0.25, 0.3) is 0 Å². The summed E-state index contributed by atoms with van der Waals surface area (Å²) < 4.78 is 0. The third kappa shape index (κ3) is 8.34. The summed E-state index contributed by atoms with van der Waals surface area (Å²) in [5.74, 6) is 0.604. The van der Waals surface area contributed by atoms with Crippen LogP contribution in [0.3, 0.4) is 0 Å². The zero-order valence-electron chi connectivity index (χ0n) is 12.8. The number of carbonyl (C=O) groups excluding carboxylic acids is 1. The van der Waals surface area contributed by atoms with E-state index in [1.807, 2.05) is 20.9 Å². The Kier molecular flexibility index (Phi) is 7.29. The number of hydrogen-bond donors (Lipinski definition) is 2. The van der Waals surface area contributed by atoms with Crippen LogP contribution in [0.4, 0.5) is 4.79 Å². The number of aliphatic hydroxyl groups is 1. The maximum absolute atomic E-state index is 11.8. The molecule has 0 bridgehead atoms. The Morgan fingerprint density at radius 3 is 2.33 bits per heavy atom. The number of hydrogen-bond acceptors (Lipinski definition) is 2. The van der Waals surface area contributed by atoms with Crippen molar-refractivity contribution in [2.75, 3.05) is 20.1 Å². The van der Waals surface area contributed by atoms with Crippen molar-refractivity contribution in [3.8, 4) is 0 Å². The molecule has 0 aromatic heterocycles. The monoisotopic (exact) mass is 258 g/mol. The van der Waals surface area contributed by atoms with Gasteiger partial charge in [-0.05, 0) is 31.1 Å². The highest BCUT2D eigenvalue weighted by Crippen LogP contribution is 2.21. The van der Waals surface area contributed by atoms with E-state index in [9.17, 15) is 9.90 Å². The molecule has 0 aliphatic carbocycles. The van der Waals surface area contributed by atoms with Crippen LogP contribution in [0.2, 0.25) is 0 Å². The standard InChI is InChI=1S/C14H30N2O2/c1-11(2)7-8-16(6)13(18)15-10-14(4,5)9-12(3)17/h11-12,17H,7-10H2,1-6H3,(H,15,18). The lowest BCUT2D eigenvalue weighted by Crippen LogP contribution is -2.42. The Balaban J connectivity index is 4.01. The second-order valence-electron chi connectivity index (χ2n) is 6.48. The van der Waals surface area contributed by atoms with Gasteiger partial charge >= 0.3 is 6.03 Å². The summed E-state index contributed by atoms with van der Waals surface area (Å²) in [5.41, 5.74) is -0.0806. The lowest BCUT2D eigenvalue weighted by atomic mass is 9.87. The molecule has 0 aromatic carbocycles. The number of aliphatic hydroxyl groups excluding tert-OH is 1. The summed E-state index contributed by atoms with van der Waals surface area (Å²) in [4.78, 5) is 13.6. The molecular formula is C14H30N2O2. The highest BCUT2D eigenvalue weighted by Gasteiger charge is 2.21. The molecule has 0 radical (unpaired) electrons. The van der Waals surface area contributed by atoms with Gasteiger partial charge in [0.05, 0.1) is 6.10 Å². The van der Waals surface area contributed by atoms with Crippen molar-refractivity contribution >= 4 is 6.03 Å². The highest BCUT2D eigenvalue weighted by molar-refractivity contribution is 5.73. The molecule has 18 heavy (non-hydrogen) atoms. The van der Waals surface area contributed by atoms with Crippen molar-refractivity contribution in [1.82, 2.24) is 10.2 Å². The fraction of sp³-hybridized carbons (Fsp3) is 0.929. The first-order chi connectivity index (χ1) is 8.14. The molecule has 0 aromatic rings. The molecule has 0 spiro atoms. The minimum atomic E-state index is -0.337. The van der Waals surface area contributed by atoms with Crippen LogP contribution < -0.4 is 5.32 Å². The van der Waals surface area contributed by atoms with E-state index in [1.165, 1.54) is 0 Å². The van der Waals surface area contributed by atoms with E-state index in [-0.39, 0.29) is 17.6 Å². The Hall–Kier alpha value is -0.770. The SMILES string of the molecule is CC(C)CCN(C)C(=O)NCC(C)(C)CC(C)O. The number of urea groups is 1. The van der Waals surface area contributed by atoms with E-state index in [1.54, 1.807) is 11.8 Å². The predicted molar refractivity (Wildman–Crippen MR) is 75.6 cm³/mol. The summed E-state index contributed by atoms with van der Waals surface area (Å²) in [7, 11) is 1.82. The van der Waals surface area contributed by atoms with Crippen molar-refractivity contribution in [3.05, 3.63) is 0 Å². The zero-order chi connectivity index (χ0) is 14.3. The number of nitrogens with zero attached hydrogens (tertiary/aromatic N) is 1. The van der Waals surface area contributed by atoms with E-state index in [2.05, 4.69) is 19.2 Å². The molecule has 0 rings (SSSR count). The van der Waals surface area contributed by atoms with Crippen molar-refractivity contribution in [2.24, 2.45) is 11.3 Å². The Labute approximate surface area is 112 Å². The van der Waals surface area contributed by atoms with Gasteiger partial charge in [-0.1, -0.05) is 27.7 Å². The van der Waals surface area contributed by atoms with Gasteiger partial charge in [0, 0.05) is 20.1 Å². The van der Waals surface area contributed by atoms with Gasteiger partial charge < -0.3 is 15.3 Å². The molecular weight excluding hydrogens is 228 g/mol. The van der Waals surface area contributed by atoms with E-state index in [0.29, 0.717) is 18.9 Å². The predicted octanol–water partition coefficient (Wildman–Crippen LogP) is 2.47. The van der Waals surface area contributed by atoms with E-state index >= 15 is 0 Å². The number of carbonyl (C=O) groups is 1. The molecule has 0 aliphatic rings. The Morgan fingerprint density at radius 2 is 1.89 bits per heavy atom. The van der Waals surface area contributed by atoms with Crippen LogP contribution in [0.5, 0.6) is 0 Å². The van der Waals surface area contributed by atoms with Crippen molar-refractivity contribution in [1.29, 1.82) is 0 Å². The molecule has 1 atom stereocenters. The van der Waals surface area contributed by atoms with Crippen molar-refractivity contribution < 1.29 is 9.90 Å². The molecule has 0 fully saturated rings. The topological polar surface area (TPSA) is 52.6 Å². The maximum Gasteiger partial charge on any atom is 0.317 e. The first kappa shape index (κ1) is 17.2. The largest absolute Gasteiger partial charge is 0.393 e. The van der Waals surface area contributed by atoms with Crippen LogP contribution in [0, 0.1) is 11.3 Å². The molecule has 2 N–H and O–H groups in total. The van der Waals surface area contributed by atoms with Gasteiger partial charge in [0.1, 0.15) is 0 Å². The van der Waals surface area contributed by atoms with Gasteiger partial charge in [0.25, 0.3) is 0 Å². The van der Waals surface area contributed by atoms with Crippen molar-refractivity contribution in [2.45, 2.75) is 53.6 Å². The summed E-state index contributed by atoms with van der Waals surface area (Å²) in [5, 5.41) is 12.3. The quantitative estimate of drug-likeness (QED) is 0.737. The minimum Gasteiger partial charge on any atom is -0.393 e. The van der Waals surface area contributed by atoms with Crippen LogP contribution >= 0.6 is 0 Å². The molecule has 2 amide bonds. The Morgan fingerprint density at radius 1 is 1.33 bits per heavy atom. The second kappa shape index (κ2) is 7.62. The third-order valence-electron chi connectivity index (χ3n) is 2.95. The van der Waals surface area contributed by atoms with E-state index < -0.39 is 0 Å². The van der Waals surface area contributed by atoms with Gasteiger partial charge in [-0.15, -0.1) is 0 Å². The van der Waals surface area contributed by atoms with Gasteiger partial charge in [-0.25, -0.2) is 4.79 Å². The van der Waals surface area contributed by atoms with Crippen LogP contribution in [0.1, 0.15) is 47.5 Å². The minimum absolute atomic E-state index is 0.0330. The molecule has 0 saturated heterocycles. The molecule has 4 nitrogen and oxygen atoms in total. The van der Waals surface area contributed by atoms with Gasteiger partial charge in [-0.3, -0.25) is 0 Å². The van der Waals surface area contributed by atoms with Crippen LogP contribution in [-0.4, -0.2) is 42.3 Å². The average Bonchev–Trinajstić information content (AvgIpc) is 2.20. The third-order valence-corrected chi connectivity index (χ3v) is 2.95. The normalized spacial score (nSPS) is 13.6. The summed E-state index contributed by atoms with van der Waals surface area (Å²) in [6.45, 7) is 11.5. The zero-order valence-corrected chi connectivity index (χ0v) is 12.8. The van der Waals surface area contributed by atoms with Crippen LogP contribution in [0.15, 0.2) is 0 Å². The fourth-order valence-electron chi connectivity index (χ4n) is 1.88. The Bertz CT molecular complexity index is 250. The summed E-state index contributed by atoms with van der Waals surface area (Å²) in [6, 6.07) is -0.0330.